The number of rotatable bonds is 5. The molecule has 0 aliphatic heterocycles. The lowest BCUT2D eigenvalue weighted by atomic mass is 10.2. The molecule has 0 bridgehead atoms. The van der Waals surface area contributed by atoms with Crippen LogP contribution in [0.1, 0.15) is 15.9 Å². The summed E-state index contributed by atoms with van der Waals surface area (Å²) in [5.74, 6) is 0.0561. The van der Waals surface area contributed by atoms with Crippen molar-refractivity contribution < 1.29 is 19.7 Å². The van der Waals surface area contributed by atoms with Crippen LogP contribution in [0.25, 0.3) is 0 Å². The van der Waals surface area contributed by atoms with Crippen LogP contribution in [0.3, 0.4) is 0 Å². The molecule has 21 heavy (non-hydrogen) atoms. The second kappa shape index (κ2) is 6.65. The minimum absolute atomic E-state index is 0.156. The van der Waals surface area contributed by atoms with Crippen molar-refractivity contribution in [3.63, 3.8) is 0 Å². The Labute approximate surface area is 122 Å². The first-order chi connectivity index (χ1) is 10.0. The molecule has 110 valence electrons. The van der Waals surface area contributed by atoms with E-state index in [4.69, 9.17) is 4.74 Å². The molecule has 2 aromatic carbocycles. The van der Waals surface area contributed by atoms with E-state index in [0.29, 0.717) is 13.2 Å². The van der Waals surface area contributed by atoms with Gasteiger partial charge in [-0.05, 0) is 36.8 Å². The second-order valence-electron chi connectivity index (χ2n) is 4.66. The van der Waals surface area contributed by atoms with Gasteiger partial charge in [-0.1, -0.05) is 12.1 Å². The number of phenolic OH excluding ortho intramolecular Hbond substituents is 2. The normalized spacial score (nSPS) is 10.1. The van der Waals surface area contributed by atoms with Crippen LogP contribution in [0.5, 0.6) is 17.2 Å². The molecule has 0 aromatic heterocycles. The maximum Gasteiger partial charge on any atom is 0.251 e. The van der Waals surface area contributed by atoms with Gasteiger partial charge in [0, 0.05) is 11.6 Å². The lowest BCUT2D eigenvalue weighted by molar-refractivity contribution is 0.0946. The third-order valence-corrected chi connectivity index (χ3v) is 2.81. The predicted octanol–water partition coefficient (Wildman–Crippen LogP) is 2.22. The van der Waals surface area contributed by atoms with Crippen LogP contribution in [0.15, 0.2) is 42.5 Å². The first-order valence-electron chi connectivity index (χ1n) is 6.55. The van der Waals surface area contributed by atoms with Gasteiger partial charge in [-0.15, -0.1) is 0 Å². The smallest absolute Gasteiger partial charge is 0.251 e. The molecule has 1 amide bonds. The molecule has 5 heteroatoms. The Hall–Kier alpha value is -2.69. The Kier molecular flexibility index (Phi) is 4.66. The van der Waals surface area contributed by atoms with Gasteiger partial charge in [0.1, 0.15) is 23.9 Å². The molecule has 0 saturated heterocycles. The van der Waals surface area contributed by atoms with Crippen molar-refractivity contribution in [3.8, 4) is 17.2 Å². The van der Waals surface area contributed by atoms with Crippen LogP contribution in [0.2, 0.25) is 0 Å². The number of benzene rings is 2. The van der Waals surface area contributed by atoms with Crippen molar-refractivity contribution in [2.45, 2.75) is 6.92 Å². The Balaban J connectivity index is 1.82. The van der Waals surface area contributed by atoms with Gasteiger partial charge in [0.15, 0.2) is 0 Å². The first kappa shape index (κ1) is 14.7. The van der Waals surface area contributed by atoms with E-state index < -0.39 is 0 Å². The molecule has 2 rings (SSSR count). The molecule has 0 atom stereocenters. The Morgan fingerprint density at radius 2 is 1.86 bits per heavy atom. The largest absolute Gasteiger partial charge is 0.508 e. The summed E-state index contributed by atoms with van der Waals surface area (Å²) in [6, 6.07) is 11.4. The molecule has 0 aliphatic carbocycles. The SMILES string of the molecule is Cc1cccc(OCCNC(=O)c2cc(O)cc(O)c2)c1. The molecule has 0 spiro atoms. The number of hydrogen-bond acceptors (Lipinski definition) is 4. The number of nitrogens with one attached hydrogen (secondary N) is 1. The zero-order valence-electron chi connectivity index (χ0n) is 11.7. The molecule has 0 heterocycles. The number of carbonyl (C=O) groups is 1. The fourth-order valence-electron chi connectivity index (χ4n) is 1.87. The highest BCUT2D eigenvalue weighted by atomic mass is 16.5. The fourth-order valence-corrected chi connectivity index (χ4v) is 1.87. The molecule has 0 radical (unpaired) electrons. The fraction of sp³-hybridized carbons (Fsp3) is 0.188. The minimum Gasteiger partial charge on any atom is -0.508 e. The summed E-state index contributed by atoms with van der Waals surface area (Å²) in [5.41, 5.74) is 1.30. The topological polar surface area (TPSA) is 78.8 Å². The summed E-state index contributed by atoms with van der Waals surface area (Å²) in [7, 11) is 0. The van der Waals surface area contributed by atoms with Crippen LogP contribution < -0.4 is 10.1 Å². The van der Waals surface area contributed by atoms with Gasteiger partial charge in [-0.2, -0.15) is 0 Å². The first-order valence-corrected chi connectivity index (χ1v) is 6.55. The van der Waals surface area contributed by atoms with E-state index in [1.54, 1.807) is 0 Å². The average molecular weight is 287 g/mol. The second-order valence-corrected chi connectivity index (χ2v) is 4.66. The number of amides is 1. The maximum atomic E-state index is 11.8. The lowest BCUT2D eigenvalue weighted by Crippen LogP contribution is -2.28. The molecule has 0 saturated carbocycles. The van der Waals surface area contributed by atoms with Crippen LogP contribution in [0, 0.1) is 6.92 Å². The van der Waals surface area contributed by atoms with E-state index in [1.165, 1.54) is 12.1 Å². The molecule has 0 aliphatic rings. The van der Waals surface area contributed by atoms with E-state index in [-0.39, 0.29) is 23.0 Å². The van der Waals surface area contributed by atoms with Crippen molar-refractivity contribution >= 4 is 5.91 Å². The molecule has 0 fully saturated rings. The van der Waals surface area contributed by atoms with Gasteiger partial charge in [0.05, 0.1) is 6.54 Å². The van der Waals surface area contributed by atoms with Gasteiger partial charge in [0.2, 0.25) is 0 Å². The third-order valence-electron chi connectivity index (χ3n) is 2.81. The average Bonchev–Trinajstić information content (AvgIpc) is 2.42. The Bertz CT molecular complexity index is 620. The lowest BCUT2D eigenvalue weighted by Gasteiger charge is -2.08. The molecular weight excluding hydrogens is 270 g/mol. The number of carbonyl (C=O) groups excluding carboxylic acids is 1. The van der Waals surface area contributed by atoms with Crippen molar-refractivity contribution in [3.05, 3.63) is 53.6 Å². The van der Waals surface area contributed by atoms with Gasteiger partial charge < -0.3 is 20.3 Å². The van der Waals surface area contributed by atoms with Crippen molar-refractivity contribution in [1.29, 1.82) is 0 Å². The molecule has 5 nitrogen and oxygen atoms in total. The van der Waals surface area contributed by atoms with E-state index >= 15 is 0 Å². The maximum absolute atomic E-state index is 11.8. The zero-order valence-corrected chi connectivity index (χ0v) is 11.7. The number of aryl methyl sites for hydroxylation is 1. The standard InChI is InChI=1S/C16H17NO4/c1-11-3-2-4-15(7-11)21-6-5-17-16(20)12-8-13(18)10-14(19)9-12/h2-4,7-10,18-19H,5-6H2,1H3,(H,17,20). The van der Waals surface area contributed by atoms with Crippen LogP contribution in [-0.2, 0) is 0 Å². The van der Waals surface area contributed by atoms with E-state index in [2.05, 4.69) is 5.32 Å². The van der Waals surface area contributed by atoms with E-state index in [0.717, 1.165) is 17.4 Å². The Morgan fingerprint density at radius 3 is 2.52 bits per heavy atom. The van der Waals surface area contributed by atoms with Crippen LogP contribution >= 0.6 is 0 Å². The van der Waals surface area contributed by atoms with Crippen molar-refractivity contribution in [1.82, 2.24) is 5.32 Å². The van der Waals surface area contributed by atoms with Gasteiger partial charge in [-0.3, -0.25) is 4.79 Å². The molecule has 3 N–H and O–H groups in total. The number of aromatic hydroxyl groups is 2. The van der Waals surface area contributed by atoms with Crippen LogP contribution in [-0.4, -0.2) is 29.3 Å². The summed E-state index contributed by atoms with van der Waals surface area (Å²) in [4.78, 5) is 11.8. The van der Waals surface area contributed by atoms with Gasteiger partial charge in [-0.25, -0.2) is 0 Å². The summed E-state index contributed by atoms with van der Waals surface area (Å²) in [6.45, 7) is 2.63. The molecule has 0 unspecified atom stereocenters. The van der Waals surface area contributed by atoms with Crippen molar-refractivity contribution in [2.24, 2.45) is 0 Å². The van der Waals surface area contributed by atoms with E-state index in [9.17, 15) is 15.0 Å². The summed E-state index contributed by atoms with van der Waals surface area (Å²) in [5, 5.41) is 21.3. The molecule has 2 aromatic rings. The number of hydrogen-bond donors (Lipinski definition) is 3. The Morgan fingerprint density at radius 1 is 1.14 bits per heavy atom. The van der Waals surface area contributed by atoms with E-state index in [1.807, 2.05) is 31.2 Å². The highest BCUT2D eigenvalue weighted by molar-refractivity contribution is 5.95. The van der Waals surface area contributed by atoms with Gasteiger partial charge in [0.25, 0.3) is 5.91 Å². The summed E-state index contributed by atoms with van der Waals surface area (Å²) >= 11 is 0. The minimum atomic E-state index is -0.381. The van der Waals surface area contributed by atoms with Gasteiger partial charge >= 0.3 is 0 Å². The summed E-state index contributed by atoms with van der Waals surface area (Å²) < 4.78 is 5.51. The highest BCUT2D eigenvalue weighted by Crippen LogP contribution is 2.20. The zero-order chi connectivity index (χ0) is 15.2. The highest BCUT2D eigenvalue weighted by Gasteiger charge is 2.07. The van der Waals surface area contributed by atoms with Crippen molar-refractivity contribution in [2.75, 3.05) is 13.2 Å². The summed E-state index contributed by atoms with van der Waals surface area (Å²) in [6.07, 6.45) is 0. The van der Waals surface area contributed by atoms with Crippen LogP contribution in [0.4, 0.5) is 0 Å². The number of ether oxygens (including phenoxy) is 1. The third kappa shape index (κ3) is 4.42. The monoisotopic (exact) mass is 287 g/mol. The predicted molar refractivity (Wildman–Crippen MR) is 78.8 cm³/mol. The molecular formula is C16H17NO4. The number of phenols is 2. The quantitative estimate of drug-likeness (QED) is 0.737.